The molecule has 9 heteroatoms. The maximum Gasteiger partial charge on any atom is 0.471 e. The van der Waals surface area contributed by atoms with Crippen molar-refractivity contribution in [3.8, 4) is 11.4 Å². The van der Waals surface area contributed by atoms with Gasteiger partial charge in [0.25, 0.3) is 5.91 Å². The van der Waals surface area contributed by atoms with Crippen molar-refractivity contribution in [1.29, 1.82) is 0 Å². The topological polar surface area (TPSA) is 68.3 Å². The molecule has 1 aromatic heterocycles. The molecule has 3 rings (SSSR count). The molecule has 0 spiro atoms. The van der Waals surface area contributed by atoms with Gasteiger partial charge in [0.1, 0.15) is 0 Å². The number of hydrogen-bond donors (Lipinski definition) is 0. The average molecular weight is 353 g/mol. The Balaban J connectivity index is 1.86. The number of carbonyl (C=O) groups is 1. The van der Waals surface area contributed by atoms with E-state index in [4.69, 9.17) is 0 Å². The predicted octanol–water partition coefficient (Wildman–Crippen LogP) is 3.78. The van der Waals surface area contributed by atoms with Gasteiger partial charge < -0.3 is 4.52 Å². The number of alkyl halides is 3. The number of amides is 1. The van der Waals surface area contributed by atoms with E-state index < -0.39 is 28.7 Å². The van der Waals surface area contributed by atoms with E-state index >= 15 is 0 Å². The summed E-state index contributed by atoms with van der Waals surface area (Å²) in [6.45, 7) is 0. The van der Waals surface area contributed by atoms with Crippen LogP contribution in [0.15, 0.2) is 56.8 Å². The van der Waals surface area contributed by atoms with Crippen LogP contribution in [0.4, 0.5) is 13.2 Å². The highest BCUT2D eigenvalue weighted by molar-refractivity contribution is 7.90. The molecule has 1 atom stereocenters. The van der Waals surface area contributed by atoms with E-state index in [0.717, 1.165) is 0 Å². The van der Waals surface area contributed by atoms with E-state index in [2.05, 4.69) is 19.0 Å². The molecule has 1 aromatic carbocycles. The van der Waals surface area contributed by atoms with Gasteiger partial charge in [-0.25, -0.2) is 0 Å². The van der Waals surface area contributed by atoms with Gasteiger partial charge in [0.2, 0.25) is 5.82 Å². The summed E-state index contributed by atoms with van der Waals surface area (Å²) in [5, 5.41) is 5.13. The van der Waals surface area contributed by atoms with Crippen LogP contribution in [0.2, 0.25) is 0 Å². The quantitative estimate of drug-likeness (QED) is 0.824. The minimum absolute atomic E-state index is 0.236. The van der Waals surface area contributed by atoms with Crippen LogP contribution in [0, 0.1) is 0 Å². The van der Waals surface area contributed by atoms with Crippen molar-refractivity contribution in [2.45, 2.75) is 6.18 Å². The van der Waals surface area contributed by atoms with Crippen LogP contribution >= 0.6 is 0 Å². The van der Waals surface area contributed by atoms with Crippen LogP contribution in [0.5, 0.6) is 0 Å². The molecule has 24 heavy (non-hydrogen) atoms. The molecular weight excluding hydrogens is 343 g/mol. The molecule has 2 aromatic rings. The van der Waals surface area contributed by atoms with Gasteiger partial charge in [0.05, 0.1) is 0 Å². The number of benzene rings is 1. The fourth-order valence-corrected chi connectivity index (χ4v) is 3.04. The van der Waals surface area contributed by atoms with Crippen LogP contribution in [0.3, 0.4) is 0 Å². The fourth-order valence-electron chi connectivity index (χ4n) is 1.90. The molecule has 0 aliphatic carbocycles. The molecule has 1 aliphatic heterocycles. The third-order valence-electron chi connectivity index (χ3n) is 2.99. The van der Waals surface area contributed by atoms with Gasteiger partial charge in [-0.15, -0.1) is 0 Å². The standard InChI is InChI=1S/C15H10F3N3O2S/c16-15(17,18)14-19-12(20-23-14)10-5-4-6-11(9-10)13(22)21-24-7-2-1-3-8-24/h1-7,9H,8H2. The summed E-state index contributed by atoms with van der Waals surface area (Å²) in [6, 6.07) is 5.95. The molecule has 0 saturated heterocycles. The molecule has 0 fully saturated rings. The van der Waals surface area contributed by atoms with Crippen LogP contribution in [0.1, 0.15) is 16.2 Å². The Bertz CT molecular complexity index is 869. The van der Waals surface area contributed by atoms with Crippen molar-refractivity contribution >= 4 is 16.6 Å². The Morgan fingerprint density at radius 3 is 2.79 bits per heavy atom. The number of halogens is 3. The Morgan fingerprint density at radius 1 is 1.29 bits per heavy atom. The van der Waals surface area contributed by atoms with Gasteiger partial charge in [-0.05, 0) is 17.5 Å². The van der Waals surface area contributed by atoms with E-state index in [1.54, 1.807) is 0 Å². The first-order valence-electron chi connectivity index (χ1n) is 6.74. The Kier molecular flexibility index (Phi) is 4.43. The first kappa shape index (κ1) is 16.3. The molecule has 5 nitrogen and oxygen atoms in total. The molecule has 2 heterocycles. The molecule has 0 bridgehead atoms. The van der Waals surface area contributed by atoms with E-state index in [1.807, 2.05) is 23.6 Å². The molecule has 0 radical (unpaired) electrons. The first-order chi connectivity index (χ1) is 11.4. The van der Waals surface area contributed by atoms with Crippen molar-refractivity contribution in [3.05, 3.63) is 59.4 Å². The van der Waals surface area contributed by atoms with Crippen molar-refractivity contribution < 1.29 is 22.5 Å². The summed E-state index contributed by atoms with van der Waals surface area (Å²) in [7, 11) is -0.524. The second kappa shape index (κ2) is 6.52. The zero-order valence-corrected chi connectivity index (χ0v) is 12.8. The molecule has 0 N–H and O–H groups in total. The van der Waals surface area contributed by atoms with Gasteiger partial charge in [0.15, 0.2) is 0 Å². The second-order valence-electron chi connectivity index (χ2n) is 4.72. The van der Waals surface area contributed by atoms with Crippen LogP contribution in [-0.2, 0) is 16.9 Å². The average Bonchev–Trinajstić information content (AvgIpc) is 3.06. The largest absolute Gasteiger partial charge is 0.471 e. The van der Waals surface area contributed by atoms with Crippen molar-refractivity contribution in [1.82, 2.24) is 10.1 Å². The highest BCUT2D eigenvalue weighted by atomic mass is 32.2. The van der Waals surface area contributed by atoms with E-state index in [1.165, 1.54) is 24.3 Å². The van der Waals surface area contributed by atoms with Crippen molar-refractivity contribution in [2.75, 3.05) is 5.75 Å². The lowest BCUT2D eigenvalue weighted by atomic mass is 10.1. The Hall–Kier alpha value is -2.55. The van der Waals surface area contributed by atoms with E-state index in [0.29, 0.717) is 5.75 Å². The van der Waals surface area contributed by atoms with Crippen LogP contribution in [-0.4, -0.2) is 21.8 Å². The minimum atomic E-state index is -4.71. The number of allylic oxidation sites excluding steroid dienone is 2. The van der Waals surface area contributed by atoms with Crippen LogP contribution in [0.25, 0.3) is 11.4 Å². The lowest BCUT2D eigenvalue weighted by Crippen LogP contribution is -2.05. The summed E-state index contributed by atoms with van der Waals surface area (Å²) < 4.78 is 45.8. The van der Waals surface area contributed by atoms with Crippen LogP contribution < -0.4 is 0 Å². The third-order valence-corrected chi connectivity index (χ3v) is 4.39. The second-order valence-corrected chi connectivity index (χ2v) is 6.31. The highest BCUT2D eigenvalue weighted by Crippen LogP contribution is 2.29. The molecule has 1 unspecified atom stereocenters. The number of carbonyl (C=O) groups excluding carboxylic acids is 1. The maximum atomic E-state index is 12.5. The van der Waals surface area contributed by atoms with Gasteiger partial charge >= 0.3 is 12.1 Å². The summed E-state index contributed by atoms with van der Waals surface area (Å²) in [6.07, 6.45) is 0.890. The fraction of sp³-hybridized carbons (Fsp3) is 0.133. The highest BCUT2D eigenvalue weighted by Gasteiger charge is 2.38. The molecule has 0 saturated carbocycles. The SMILES string of the molecule is O=C(N=S1C=CC=CC1)c1cccc(-c2noc(C(F)(F)F)n2)c1. The monoisotopic (exact) mass is 353 g/mol. The molecule has 124 valence electrons. The summed E-state index contributed by atoms with van der Waals surface area (Å²) in [5.41, 5.74) is 0.499. The normalized spacial score (nSPS) is 17.4. The van der Waals surface area contributed by atoms with Gasteiger partial charge in [0, 0.05) is 16.9 Å². The van der Waals surface area contributed by atoms with Crippen molar-refractivity contribution in [2.24, 2.45) is 4.36 Å². The predicted molar refractivity (Wildman–Crippen MR) is 82.0 cm³/mol. The molecular formula is C15H10F3N3O2S. The van der Waals surface area contributed by atoms with Gasteiger partial charge in [-0.3, -0.25) is 4.79 Å². The lowest BCUT2D eigenvalue weighted by molar-refractivity contribution is -0.159. The minimum Gasteiger partial charge on any atom is -0.329 e. The molecule has 1 amide bonds. The third kappa shape index (κ3) is 3.67. The summed E-state index contributed by atoms with van der Waals surface area (Å²) in [4.78, 5) is 15.5. The Morgan fingerprint density at radius 2 is 2.12 bits per heavy atom. The van der Waals surface area contributed by atoms with Crippen molar-refractivity contribution in [3.63, 3.8) is 0 Å². The zero-order chi connectivity index (χ0) is 17.2. The smallest absolute Gasteiger partial charge is 0.329 e. The molecule has 1 aliphatic rings. The number of aromatic nitrogens is 2. The zero-order valence-electron chi connectivity index (χ0n) is 12.0. The first-order valence-corrected chi connectivity index (χ1v) is 8.15. The lowest BCUT2D eigenvalue weighted by Gasteiger charge is -2.03. The van der Waals surface area contributed by atoms with Gasteiger partial charge in [-0.1, -0.05) is 46.2 Å². The number of rotatable bonds is 2. The Labute approximate surface area is 137 Å². The van der Waals surface area contributed by atoms with E-state index in [9.17, 15) is 18.0 Å². The maximum absolute atomic E-state index is 12.5. The summed E-state index contributed by atoms with van der Waals surface area (Å²) >= 11 is 0. The number of hydrogen-bond acceptors (Lipinski definition) is 4. The number of nitrogens with zero attached hydrogens (tertiary/aromatic N) is 3. The summed E-state index contributed by atoms with van der Waals surface area (Å²) in [5.74, 6) is -1.46. The van der Waals surface area contributed by atoms with Gasteiger partial charge in [-0.2, -0.15) is 22.5 Å². The van der Waals surface area contributed by atoms with E-state index in [-0.39, 0.29) is 17.0 Å².